The predicted octanol–water partition coefficient (Wildman–Crippen LogP) is -10.7. The number of amides is 3. The summed E-state index contributed by atoms with van der Waals surface area (Å²) in [4.78, 5) is 52.4. The van der Waals surface area contributed by atoms with Gasteiger partial charge < -0.3 is 111 Å². The van der Waals surface area contributed by atoms with Crippen LogP contribution in [0.25, 0.3) is 0 Å². The van der Waals surface area contributed by atoms with Crippen LogP contribution in [0.5, 0.6) is 0 Å². The number of carbonyl (C=O) groups is 4. The van der Waals surface area contributed by atoms with Crippen LogP contribution in [-0.4, -0.2) is 266 Å². The van der Waals surface area contributed by atoms with E-state index in [1.54, 1.807) is 0 Å². The van der Waals surface area contributed by atoms with Crippen molar-refractivity contribution in [3.05, 3.63) is 0 Å². The molecule has 3 amide bonds. The van der Waals surface area contributed by atoms with E-state index in [0.29, 0.717) is 0 Å². The van der Waals surface area contributed by atoms with Gasteiger partial charge in [0.05, 0.1) is 58.8 Å². The minimum Gasteiger partial charge on any atom is -0.481 e. The molecule has 0 aliphatic carbocycles. The highest BCUT2D eigenvalue weighted by Gasteiger charge is 2.46. The maximum absolute atomic E-state index is 13.5. The number of rotatable bonds is 24. The molecule has 60 heavy (non-hydrogen) atoms. The number of carboxylic acids is 1. The van der Waals surface area contributed by atoms with Crippen molar-refractivity contribution in [3.8, 4) is 0 Å². The van der Waals surface area contributed by atoms with Crippen molar-refractivity contribution >= 4 is 23.7 Å². The van der Waals surface area contributed by atoms with Crippen LogP contribution in [0.4, 0.5) is 0 Å². The van der Waals surface area contributed by atoms with E-state index in [0.717, 1.165) is 4.90 Å². The molecule has 3 rings (SSSR count). The second-order valence-corrected chi connectivity index (χ2v) is 14.0. The van der Waals surface area contributed by atoms with Gasteiger partial charge in [-0.05, 0) is 6.42 Å². The maximum Gasteiger partial charge on any atom is 0.303 e. The number of nitrogens with one attached hydrogen (secondary N) is 3. The first kappa shape index (κ1) is 51.5. The van der Waals surface area contributed by atoms with E-state index < -0.39 is 168 Å². The van der Waals surface area contributed by atoms with Crippen LogP contribution in [0.3, 0.4) is 0 Å². The maximum atomic E-state index is 13.5. The first-order chi connectivity index (χ1) is 28.4. The van der Waals surface area contributed by atoms with Crippen LogP contribution in [0.15, 0.2) is 0 Å². The Kier molecular flexibility index (Phi) is 21.7. The molecule has 3 aliphatic heterocycles. The molecular formula is C33H58N4O23. The first-order valence-electron chi connectivity index (χ1n) is 19.0. The molecule has 0 aromatic heterocycles. The van der Waals surface area contributed by atoms with Crippen LogP contribution < -0.4 is 16.0 Å². The lowest BCUT2D eigenvalue weighted by atomic mass is 9.99. The third-order valence-electron chi connectivity index (χ3n) is 9.71. The summed E-state index contributed by atoms with van der Waals surface area (Å²) in [5.41, 5.74) is 0. The van der Waals surface area contributed by atoms with Crippen LogP contribution in [-0.2, 0) is 47.6 Å². The van der Waals surface area contributed by atoms with Gasteiger partial charge in [0.1, 0.15) is 73.2 Å². The highest BCUT2D eigenvalue weighted by Crippen LogP contribution is 2.24. The van der Waals surface area contributed by atoms with E-state index in [-0.39, 0.29) is 39.5 Å². The molecular weight excluding hydrogens is 820 g/mol. The number of aliphatic carboxylic acids is 1. The smallest absolute Gasteiger partial charge is 0.303 e. The van der Waals surface area contributed by atoms with Gasteiger partial charge in [-0.15, -0.1) is 0 Å². The third-order valence-corrected chi connectivity index (χ3v) is 9.71. The molecule has 3 heterocycles. The van der Waals surface area contributed by atoms with E-state index in [9.17, 15) is 85.6 Å². The fourth-order valence-corrected chi connectivity index (χ4v) is 6.31. The lowest BCUT2D eigenvalue weighted by Gasteiger charge is -2.39. The number of carbonyl (C=O) groups excluding carboxylic acids is 3. The highest BCUT2D eigenvalue weighted by molar-refractivity contribution is 5.86. The summed E-state index contributed by atoms with van der Waals surface area (Å²) in [6.45, 7) is -5.49. The Hall–Kier alpha value is -2.88. The summed E-state index contributed by atoms with van der Waals surface area (Å²) in [7, 11) is 0. The minimum atomic E-state index is -1.74. The number of hydrogen-bond donors (Lipinski definition) is 16. The Morgan fingerprint density at radius 1 is 0.517 bits per heavy atom. The zero-order chi connectivity index (χ0) is 44.7. The fourth-order valence-electron chi connectivity index (χ4n) is 6.31. The third kappa shape index (κ3) is 14.6. The van der Waals surface area contributed by atoms with Gasteiger partial charge in [-0.1, -0.05) is 0 Å². The molecule has 348 valence electrons. The SMILES string of the molecule is O=C(O)CC[C@@H](C(=O)NCCO[C@@H]1O[C@H](CO)[C@@H](O)[C@H](O)[C@H]1O)N(CC(=O)NCCO[C@@H]1O[C@H](CO)[C@@H](O)[C@H](O)[C@H]1O)CC(=O)NCCO[C@@H]1O[C@H](CO)[C@@H](O)[C@H](O)[C@H]1O. The minimum absolute atomic E-state index is 0.273. The molecule has 3 fully saturated rings. The van der Waals surface area contributed by atoms with Crippen LogP contribution >= 0.6 is 0 Å². The molecule has 0 spiro atoms. The summed E-state index contributed by atoms with van der Waals surface area (Å²) in [5, 5.41) is 135. The summed E-state index contributed by atoms with van der Waals surface area (Å²) < 4.78 is 31.8. The molecule has 3 saturated heterocycles. The molecule has 16 atom stereocenters. The summed E-state index contributed by atoms with van der Waals surface area (Å²) in [6.07, 6.45) is -24.6. The van der Waals surface area contributed by atoms with Crippen molar-refractivity contribution in [3.63, 3.8) is 0 Å². The lowest BCUT2D eigenvalue weighted by molar-refractivity contribution is -0.300. The number of aliphatic hydroxyl groups is 12. The van der Waals surface area contributed by atoms with Gasteiger partial charge in [0.15, 0.2) is 18.9 Å². The van der Waals surface area contributed by atoms with E-state index >= 15 is 0 Å². The van der Waals surface area contributed by atoms with Crippen molar-refractivity contribution in [2.24, 2.45) is 0 Å². The van der Waals surface area contributed by atoms with Gasteiger partial charge in [-0.3, -0.25) is 24.1 Å². The zero-order valence-electron chi connectivity index (χ0n) is 32.3. The number of carboxylic acid groups (broad SMARTS) is 1. The van der Waals surface area contributed by atoms with E-state index in [2.05, 4.69) is 16.0 Å². The molecule has 16 N–H and O–H groups in total. The first-order valence-corrected chi connectivity index (χ1v) is 19.0. The summed E-state index contributed by atoms with van der Waals surface area (Å²) in [5.74, 6) is -3.84. The van der Waals surface area contributed by atoms with Gasteiger partial charge >= 0.3 is 5.97 Å². The quantitative estimate of drug-likeness (QED) is 0.0400. The average molecular weight is 879 g/mol. The Morgan fingerprint density at radius 3 is 1.17 bits per heavy atom. The van der Waals surface area contributed by atoms with Crippen molar-refractivity contribution in [1.82, 2.24) is 20.9 Å². The van der Waals surface area contributed by atoms with Crippen molar-refractivity contribution in [2.75, 3.05) is 72.4 Å². The summed E-state index contributed by atoms with van der Waals surface area (Å²) >= 11 is 0. The second kappa shape index (κ2) is 25.3. The highest BCUT2D eigenvalue weighted by atomic mass is 16.7. The van der Waals surface area contributed by atoms with Crippen molar-refractivity contribution in [1.29, 1.82) is 0 Å². The molecule has 0 bridgehead atoms. The number of hydrogen-bond acceptors (Lipinski definition) is 23. The van der Waals surface area contributed by atoms with E-state index in [4.69, 9.17) is 28.4 Å². The molecule has 0 radical (unpaired) electrons. The van der Waals surface area contributed by atoms with Gasteiger partial charge in [0.2, 0.25) is 17.7 Å². The van der Waals surface area contributed by atoms with Crippen LogP contribution in [0, 0.1) is 0 Å². The lowest BCUT2D eigenvalue weighted by Crippen LogP contribution is -2.59. The van der Waals surface area contributed by atoms with Crippen molar-refractivity contribution in [2.45, 2.75) is 111 Å². The normalized spacial score (nSPS) is 35.1. The number of ether oxygens (including phenoxy) is 6. The van der Waals surface area contributed by atoms with E-state index in [1.807, 2.05) is 0 Å². The van der Waals surface area contributed by atoms with Gasteiger partial charge in [-0.25, -0.2) is 0 Å². The Labute approximate surface area is 341 Å². The van der Waals surface area contributed by atoms with E-state index in [1.165, 1.54) is 0 Å². The Balaban J connectivity index is 1.65. The fraction of sp³-hybridized carbons (Fsp3) is 0.879. The number of aliphatic hydroxyl groups excluding tert-OH is 12. The molecule has 0 aromatic carbocycles. The Bertz CT molecular complexity index is 1280. The van der Waals surface area contributed by atoms with Gasteiger partial charge in [-0.2, -0.15) is 0 Å². The average Bonchev–Trinajstić information content (AvgIpc) is 3.22. The molecule has 0 unspecified atom stereocenters. The largest absolute Gasteiger partial charge is 0.481 e. The Morgan fingerprint density at radius 2 is 0.850 bits per heavy atom. The predicted molar refractivity (Wildman–Crippen MR) is 190 cm³/mol. The van der Waals surface area contributed by atoms with Crippen LogP contribution in [0.1, 0.15) is 12.8 Å². The topological polar surface area (TPSA) is 426 Å². The standard InChI is InChI=1S/C33H58N4O23/c38-11-15-21(45)24(48)27(51)31(58-15)55-6-3-34-18(41)9-37(10-19(42)35-4-7-56-32-28(52)25(49)22(46)16(12-39)59-32)14(1-2-20(43)44)30(54)36-5-8-57-33-29(53)26(50)23(47)17(13-40)60-33/h14-17,21-29,31-33,38-40,45-53H,1-13H2,(H,34,41)(H,35,42)(H,36,54)(H,43,44)/t14-,15+,16+,17+,21+,22+,23+,24-,25-,26-,27+,28+,29+,31+,32+,33+/m0/s1. The van der Waals surface area contributed by atoms with Gasteiger partial charge in [0.25, 0.3) is 0 Å². The molecule has 27 heteroatoms. The monoisotopic (exact) mass is 878 g/mol. The van der Waals surface area contributed by atoms with Gasteiger partial charge in [0, 0.05) is 26.1 Å². The molecule has 27 nitrogen and oxygen atoms in total. The van der Waals surface area contributed by atoms with Crippen molar-refractivity contribution < 1.29 is 114 Å². The zero-order valence-corrected chi connectivity index (χ0v) is 32.3. The van der Waals surface area contributed by atoms with Crippen LogP contribution in [0.2, 0.25) is 0 Å². The summed E-state index contributed by atoms with van der Waals surface area (Å²) in [6, 6.07) is -1.47. The number of nitrogens with zero attached hydrogens (tertiary/aromatic N) is 1. The molecule has 3 aliphatic rings. The molecule has 0 saturated carbocycles. The second-order valence-electron chi connectivity index (χ2n) is 14.0. The molecule has 0 aromatic rings.